The molecule has 16 heavy (non-hydrogen) atoms. The summed E-state index contributed by atoms with van der Waals surface area (Å²) >= 11 is 0. The van der Waals surface area contributed by atoms with Crippen molar-refractivity contribution >= 4 is 11.8 Å². The van der Waals surface area contributed by atoms with E-state index in [1.807, 2.05) is 6.92 Å². The molecule has 0 radical (unpaired) electrons. The number of carbonyl (C=O) groups is 2. The van der Waals surface area contributed by atoms with Crippen LogP contribution in [-0.4, -0.2) is 37.5 Å². The van der Waals surface area contributed by atoms with Gasteiger partial charge in [0.15, 0.2) is 0 Å². The van der Waals surface area contributed by atoms with Gasteiger partial charge in [0.2, 0.25) is 11.8 Å². The highest BCUT2D eigenvalue weighted by Crippen LogP contribution is 2.18. The van der Waals surface area contributed by atoms with Crippen LogP contribution in [0, 0.1) is 0 Å². The third kappa shape index (κ3) is 5.11. The van der Waals surface area contributed by atoms with Crippen molar-refractivity contribution in [3.8, 4) is 0 Å². The second-order valence-electron chi connectivity index (χ2n) is 4.24. The van der Waals surface area contributed by atoms with Gasteiger partial charge in [-0.2, -0.15) is 0 Å². The highest BCUT2D eigenvalue weighted by molar-refractivity contribution is 5.80. The lowest BCUT2D eigenvalue weighted by atomic mass is 10.2. The van der Waals surface area contributed by atoms with Crippen LogP contribution in [0.4, 0.5) is 0 Å². The van der Waals surface area contributed by atoms with Crippen molar-refractivity contribution in [1.29, 1.82) is 0 Å². The summed E-state index contributed by atoms with van der Waals surface area (Å²) in [6.07, 6.45) is 3.54. The van der Waals surface area contributed by atoms with E-state index >= 15 is 0 Å². The molecule has 1 atom stereocenters. The molecule has 1 aliphatic rings. The fraction of sp³-hybridized carbons (Fsp3) is 0.818. The standard InChI is InChI=1S/C11H21N3O2/c1-8(11(16)12-2)13-7-3-4-10(15)14-9-5-6-9/h8-9,13H,3-7H2,1-2H3,(H,12,16)(H,14,15). The second kappa shape index (κ2) is 6.48. The molecule has 0 aromatic heterocycles. The molecule has 5 heteroatoms. The van der Waals surface area contributed by atoms with Crippen molar-refractivity contribution < 1.29 is 9.59 Å². The van der Waals surface area contributed by atoms with Gasteiger partial charge < -0.3 is 16.0 Å². The summed E-state index contributed by atoms with van der Waals surface area (Å²) in [7, 11) is 1.61. The van der Waals surface area contributed by atoms with E-state index in [1.165, 1.54) is 0 Å². The number of likely N-dealkylation sites (N-methyl/N-ethyl adjacent to an activating group) is 1. The SMILES string of the molecule is CNC(=O)C(C)NCCCC(=O)NC1CC1. The maximum atomic E-state index is 11.3. The Labute approximate surface area is 96.4 Å². The van der Waals surface area contributed by atoms with Gasteiger partial charge in [0.1, 0.15) is 0 Å². The van der Waals surface area contributed by atoms with Crippen LogP contribution in [-0.2, 0) is 9.59 Å². The normalized spacial score (nSPS) is 16.6. The summed E-state index contributed by atoms with van der Waals surface area (Å²) in [6.45, 7) is 2.50. The number of carbonyl (C=O) groups excluding carboxylic acids is 2. The van der Waals surface area contributed by atoms with Gasteiger partial charge in [-0.3, -0.25) is 9.59 Å². The fourth-order valence-corrected chi connectivity index (χ4v) is 1.40. The number of rotatable bonds is 7. The van der Waals surface area contributed by atoms with Gasteiger partial charge in [-0.25, -0.2) is 0 Å². The van der Waals surface area contributed by atoms with E-state index in [9.17, 15) is 9.59 Å². The smallest absolute Gasteiger partial charge is 0.236 e. The van der Waals surface area contributed by atoms with E-state index in [2.05, 4.69) is 16.0 Å². The highest BCUT2D eigenvalue weighted by atomic mass is 16.2. The van der Waals surface area contributed by atoms with Crippen molar-refractivity contribution in [3.63, 3.8) is 0 Å². The van der Waals surface area contributed by atoms with Gasteiger partial charge in [0, 0.05) is 19.5 Å². The zero-order valence-corrected chi connectivity index (χ0v) is 10.0. The Balaban J connectivity index is 1.97. The molecule has 0 saturated heterocycles. The molecule has 1 unspecified atom stereocenters. The molecule has 0 bridgehead atoms. The molecule has 92 valence electrons. The summed E-state index contributed by atoms with van der Waals surface area (Å²) in [5.41, 5.74) is 0. The Morgan fingerprint density at radius 3 is 2.62 bits per heavy atom. The zero-order chi connectivity index (χ0) is 12.0. The Morgan fingerprint density at radius 1 is 1.38 bits per heavy atom. The van der Waals surface area contributed by atoms with E-state index in [1.54, 1.807) is 7.05 Å². The topological polar surface area (TPSA) is 70.2 Å². The van der Waals surface area contributed by atoms with E-state index in [0.29, 0.717) is 19.0 Å². The molecular formula is C11H21N3O2. The summed E-state index contributed by atoms with van der Waals surface area (Å²) in [5, 5.41) is 8.56. The molecule has 1 aliphatic carbocycles. The third-order valence-corrected chi connectivity index (χ3v) is 2.61. The lowest BCUT2D eigenvalue weighted by molar-refractivity contribution is -0.122. The van der Waals surface area contributed by atoms with E-state index < -0.39 is 0 Å². The number of nitrogens with one attached hydrogen (secondary N) is 3. The Morgan fingerprint density at radius 2 is 2.06 bits per heavy atom. The molecule has 0 aromatic carbocycles. The minimum absolute atomic E-state index is 0.0255. The molecule has 0 heterocycles. The minimum Gasteiger partial charge on any atom is -0.358 e. The molecular weight excluding hydrogens is 206 g/mol. The lowest BCUT2D eigenvalue weighted by Gasteiger charge is -2.11. The van der Waals surface area contributed by atoms with Gasteiger partial charge >= 0.3 is 0 Å². The number of hydrogen-bond donors (Lipinski definition) is 3. The van der Waals surface area contributed by atoms with Gasteiger partial charge in [-0.05, 0) is 32.7 Å². The maximum Gasteiger partial charge on any atom is 0.236 e. The maximum absolute atomic E-state index is 11.3. The van der Waals surface area contributed by atoms with Crippen LogP contribution in [0.5, 0.6) is 0 Å². The first-order valence-corrected chi connectivity index (χ1v) is 5.88. The third-order valence-electron chi connectivity index (χ3n) is 2.61. The van der Waals surface area contributed by atoms with Crippen LogP contribution in [0.25, 0.3) is 0 Å². The molecule has 3 N–H and O–H groups in total. The largest absolute Gasteiger partial charge is 0.358 e. The molecule has 2 amide bonds. The number of hydrogen-bond acceptors (Lipinski definition) is 3. The molecule has 1 saturated carbocycles. The Bertz CT molecular complexity index is 252. The van der Waals surface area contributed by atoms with Crippen LogP contribution < -0.4 is 16.0 Å². The van der Waals surface area contributed by atoms with Crippen LogP contribution in [0.15, 0.2) is 0 Å². The van der Waals surface area contributed by atoms with Crippen LogP contribution >= 0.6 is 0 Å². The number of amides is 2. The van der Waals surface area contributed by atoms with Crippen LogP contribution in [0.2, 0.25) is 0 Å². The molecule has 0 aliphatic heterocycles. The quantitative estimate of drug-likeness (QED) is 0.526. The Hall–Kier alpha value is -1.10. The summed E-state index contributed by atoms with van der Waals surface area (Å²) in [6, 6.07) is 0.238. The van der Waals surface area contributed by atoms with Crippen molar-refractivity contribution in [3.05, 3.63) is 0 Å². The summed E-state index contributed by atoms with van der Waals surface area (Å²) in [5.74, 6) is 0.0966. The van der Waals surface area contributed by atoms with Gasteiger partial charge in [-0.15, -0.1) is 0 Å². The molecule has 0 aromatic rings. The lowest BCUT2D eigenvalue weighted by Crippen LogP contribution is -2.41. The predicted molar refractivity (Wildman–Crippen MR) is 61.9 cm³/mol. The minimum atomic E-state index is -0.198. The first kappa shape index (κ1) is 13.0. The van der Waals surface area contributed by atoms with Crippen molar-refractivity contribution in [2.24, 2.45) is 0 Å². The highest BCUT2D eigenvalue weighted by Gasteiger charge is 2.22. The van der Waals surface area contributed by atoms with Crippen molar-refractivity contribution in [1.82, 2.24) is 16.0 Å². The van der Waals surface area contributed by atoms with Gasteiger partial charge in [0.25, 0.3) is 0 Å². The van der Waals surface area contributed by atoms with Crippen LogP contribution in [0.1, 0.15) is 32.6 Å². The van der Waals surface area contributed by atoms with Crippen molar-refractivity contribution in [2.45, 2.75) is 44.7 Å². The van der Waals surface area contributed by atoms with Gasteiger partial charge in [0.05, 0.1) is 6.04 Å². The van der Waals surface area contributed by atoms with E-state index in [-0.39, 0.29) is 17.9 Å². The fourth-order valence-electron chi connectivity index (χ4n) is 1.40. The zero-order valence-electron chi connectivity index (χ0n) is 10.0. The average molecular weight is 227 g/mol. The first-order chi connectivity index (χ1) is 7.63. The predicted octanol–water partition coefficient (Wildman–Crippen LogP) is -0.231. The summed E-state index contributed by atoms with van der Waals surface area (Å²) < 4.78 is 0. The average Bonchev–Trinajstić information content (AvgIpc) is 3.06. The Kier molecular flexibility index (Phi) is 5.25. The van der Waals surface area contributed by atoms with Crippen molar-refractivity contribution in [2.75, 3.05) is 13.6 Å². The first-order valence-electron chi connectivity index (χ1n) is 5.88. The molecule has 5 nitrogen and oxygen atoms in total. The van der Waals surface area contributed by atoms with Crippen LogP contribution in [0.3, 0.4) is 0 Å². The second-order valence-corrected chi connectivity index (χ2v) is 4.24. The van der Waals surface area contributed by atoms with E-state index in [0.717, 1.165) is 19.3 Å². The molecule has 0 spiro atoms. The van der Waals surface area contributed by atoms with Gasteiger partial charge in [-0.1, -0.05) is 0 Å². The molecule has 1 rings (SSSR count). The molecule has 1 fully saturated rings. The van der Waals surface area contributed by atoms with E-state index in [4.69, 9.17) is 0 Å². The monoisotopic (exact) mass is 227 g/mol. The summed E-state index contributed by atoms with van der Waals surface area (Å²) in [4.78, 5) is 22.5.